The smallest absolute Gasteiger partial charge is 0.258 e. The number of hydrogen-bond donors (Lipinski definition) is 0. The molecule has 156 valence electrons. The first-order chi connectivity index (χ1) is 14.6. The van der Waals surface area contributed by atoms with Crippen LogP contribution < -0.4 is 0 Å². The lowest BCUT2D eigenvalue weighted by atomic mass is 9.76. The predicted molar refractivity (Wildman–Crippen MR) is 110 cm³/mol. The van der Waals surface area contributed by atoms with Crippen molar-refractivity contribution >= 4 is 5.91 Å². The fourth-order valence-corrected chi connectivity index (χ4v) is 4.01. The van der Waals surface area contributed by atoms with Gasteiger partial charge in [-0.15, -0.1) is 0 Å². The molecular formula is C22H25N5O3. The van der Waals surface area contributed by atoms with Crippen molar-refractivity contribution in [1.82, 2.24) is 25.0 Å². The minimum atomic E-state index is -0.416. The first-order valence-electron chi connectivity index (χ1n) is 10.1. The molecule has 3 aromatic rings. The molecule has 4 heterocycles. The Bertz CT molecular complexity index is 1010. The molecule has 1 unspecified atom stereocenters. The zero-order chi connectivity index (χ0) is 21.0. The van der Waals surface area contributed by atoms with E-state index in [0.717, 1.165) is 24.1 Å². The minimum absolute atomic E-state index is 0.000144. The molecule has 1 aliphatic heterocycles. The first-order valence-corrected chi connectivity index (χ1v) is 10.1. The normalized spacial score (nSPS) is 19.1. The van der Waals surface area contributed by atoms with Gasteiger partial charge in [-0.2, -0.15) is 4.98 Å². The van der Waals surface area contributed by atoms with E-state index in [9.17, 15) is 4.79 Å². The standard InChI is InChI=1S/C22H25N5O3/c1-16-14-18(6-11-24-16)20(28)27-12-3-7-22(15-27,8-13-29-2)21-25-19(30-26-21)17-4-9-23-10-5-17/h4-6,9-11,14H,3,7-8,12-13,15H2,1-2H3. The third-order valence-electron chi connectivity index (χ3n) is 5.62. The highest BCUT2D eigenvalue weighted by molar-refractivity contribution is 5.94. The molecule has 1 atom stereocenters. The second-order valence-electron chi connectivity index (χ2n) is 7.70. The summed E-state index contributed by atoms with van der Waals surface area (Å²) in [6, 6.07) is 7.25. The van der Waals surface area contributed by atoms with Gasteiger partial charge in [0.05, 0.1) is 5.41 Å². The van der Waals surface area contributed by atoms with Crippen molar-refractivity contribution < 1.29 is 14.1 Å². The van der Waals surface area contributed by atoms with E-state index in [-0.39, 0.29) is 5.91 Å². The molecule has 3 aromatic heterocycles. The number of aryl methyl sites for hydroxylation is 1. The van der Waals surface area contributed by atoms with Crippen molar-refractivity contribution in [3.05, 3.63) is 59.9 Å². The largest absolute Gasteiger partial charge is 0.385 e. The van der Waals surface area contributed by atoms with Gasteiger partial charge in [0.1, 0.15) is 0 Å². The molecule has 8 nitrogen and oxygen atoms in total. The van der Waals surface area contributed by atoms with Crippen LogP contribution in [0.2, 0.25) is 0 Å². The Balaban J connectivity index is 1.63. The summed E-state index contributed by atoms with van der Waals surface area (Å²) in [4.78, 5) is 28.0. The summed E-state index contributed by atoms with van der Waals surface area (Å²) in [5.74, 6) is 1.08. The number of hydrogen-bond acceptors (Lipinski definition) is 7. The number of piperidine rings is 1. The van der Waals surface area contributed by atoms with E-state index < -0.39 is 5.41 Å². The van der Waals surface area contributed by atoms with E-state index in [1.165, 1.54) is 0 Å². The molecule has 0 aliphatic carbocycles. The summed E-state index contributed by atoms with van der Waals surface area (Å²) in [7, 11) is 1.68. The average Bonchev–Trinajstić information content (AvgIpc) is 3.29. The topological polar surface area (TPSA) is 94.2 Å². The van der Waals surface area contributed by atoms with Crippen LogP contribution in [0.1, 0.15) is 41.1 Å². The van der Waals surface area contributed by atoms with Crippen LogP contribution in [0, 0.1) is 6.92 Å². The van der Waals surface area contributed by atoms with Crippen molar-refractivity contribution in [1.29, 1.82) is 0 Å². The zero-order valence-corrected chi connectivity index (χ0v) is 17.2. The first kappa shape index (κ1) is 20.2. The molecule has 8 heteroatoms. The quantitative estimate of drug-likeness (QED) is 0.620. The van der Waals surface area contributed by atoms with Crippen LogP contribution in [0.5, 0.6) is 0 Å². The lowest BCUT2D eigenvalue weighted by Crippen LogP contribution is -2.49. The van der Waals surface area contributed by atoms with Crippen LogP contribution in [-0.2, 0) is 10.2 Å². The number of pyridine rings is 2. The van der Waals surface area contributed by atoms with Crippen LogP contribution in [-0.4, -0.2) is 57.7 Å². The SMILES string of the molecule is COCCC1(c2noc(-c3ccncc3)n2)CCCN(C(=O)c2ccnc(C)c2)C1. The van der Waals surface area contributed by atoms with E-state index in [1.54, 1.807) is 31.8 Å². The maximum Gasteiger partial charge on any atom is 0.258 e. The van der Waals surface area contributed by atoms with Crippen LogP contribution in [0.15, 0.2) is 47.4 Å². The summed E-state index contributed by atoms with van der Waals surface area (Å²) >= 11 is 0. The maximum absolute atomic E-state index is 13.2. The fraction of sp³-hybridized carbons (Fsp3) is 0.409. The Labute approximate surface area is 175 Å². The van der Waals surface area contributed by atoms with Crippen molar-refractivity contribution in [3.8, 4) is 11.5 Å². The monoisotopic (exact) mass is 407 g/mol. The maximum atomic E-state index is 13.2. The number of carbonyl (C=O) groups is 1. The summed E-state index contributed by atoms with van der Waals surface area (Å²) < 4.78 is 10.9. The molecule has 1 amide bonds. The highest BCUT2D eigenvalue weighted by Crippen LogP contribution is 2.37. The number of likely N-dealkylation sites (tertiary alicyclic amines) is 1. The zero-order valence-electron chi connectivity index (χ0n) is 17.2. The lowest BCUT2D eigenvalue weighted by Gasteiger charge is -2.41. The Morgan fingerprint density at radius 3 is 2.87 bits per heavy atom. The third-order valence-corrected chi connectivity index (χ3v) is 5.62. The Morgan fingerprint density at radius 2 is 2.10 bits per heavy atom. The second-order valence-corrected chi connectivity index (χ2v) is 7.70. The molecule has 0 spiro atoms. The number of rotatable bonds is 6. The molecule has 0 radical (unpaired) electrons. The highest BCUT2D eigenvalue weighted by atomic mass is 16.5. The molecule has 4 rings (SSSR count). The predicted octanol–water partition coefficient (Wildman–Crippen LogP) is 3.05. The molecule has 0 N–H and O–H groups in total. The average molecular weight is 407 g/mol. The fourth-order valence-electron chi connectivity index (χ4n) is 4.01. The van der Waals surface area contributed by atoms with Crippen molar-refractivity contribution in [2.24, 2.45) is 0 Å². The van der Waals surface area contributed by atoms with Crippen molar-refractivity contribution in [2.45, 2.75) is 31.6 Å². The van der Waals surface area contributed by atoms with Gasteiger partial charge >= 0.3 is 0 Å². The van der Waals surface area contributed by atoms with Gasteiger partial charge in [0, 0.05) is 62.2 Å². The number of ether oxygens (including phenoxy) is 1. The van der Waals surface area contributed by atoms with E-state index in [0.29, 0.717) is 43.4 Å². The minimum Gasteiger partial charge on any atom is -0.385 e. The molecule has 1 saturated heterocycles. The summed E-state index contributed by atoms with van der Waals surface area (Å²) in [6.07, 6.45) is 7.49. The molecule has 1 aliphatic rings. The number of carbonyl (C=O) groups excluding carboxylic acids is 1. The molecule has 1 fully saturated rings. The van der Waals surface area contributed by atoms with Gasteiger partial charge in [0.25, 0.3) is 11.8 Å². The number of methoxy groups -OCH3 is 1. The number of aromatic nitrogens is 4. The second kappa shape index (κ2) is 8.71. The molecule has 0 saturated carbocycles. The molecule has 30 heavy (non-hydrogen) atoms. The van der Waals surface area contributed by atoms with E-state index >= 15 is 0 Å². The van der Waals surface area contributed by atoms with Crippen LogP contribution in [0.4, 0.5) is 0 Å². The Kier molecular flexibility index (Phi) is 5.85. The van der Waals surface area contributed by atoms with Gasteiger partial charge < -0.3 is 14.2 Å². The van der Waals surface area contributed by atoms with Gasteiger partial charge in [-0.1, -0.05) is 5.16 Å². The number of nitrogens with zero attached hydrogens (tertiary/aromatic N) is 5. The van der Waals surface area contributed by atoms with Gasteiger partial charge in [-0.3, -0.25) is 14.8 Å². The Hall–Kier alpha value is -3.13. The van der Waals surface area contributed by atoms with Crippen molar-refractivity contribution in [2.75, 3.05) is 26.8 Å². The summed E-state index contributed by atoms with van der Waals surface area (Å²) in [6.45, 7) is 3.65. The van der Waals surface area contributed by atoms with Gasteiger partial charge in [0.15, 0.2) is 5.82 Å². The van der Waals surface area contributed by atoms with Crippen LogP contribution >= 0.6 is 0 Å². The van der Waals surface area contributed by atoms with Crippen molar-refractivity contribution in [3.63, 3.8) is 0 Å². The van der Waals surface area contributed by atoms with Gasteiger partial charge in [-0.25, -0.2) is 0 Å². The van der Waals surface area contributed by atoms with Gasteiger partial charge in [-0.05, 0) is 50.5 Å². The van der Waals surface area contributed by atoms with Crippen LogP contribution in [0.3, 0.4) is 0 Å². The Morgan fingerprint density at radius 1 is 1.27 bits per heavy atom. The van der Waals surface area contributed by atoms with Crippen LogP contribution in [0.25, 0.3) is 11.5 Å². The third kappa shape index (κ3) is 4.09. The summed E-state index contributed by atoms with van der Waals surface area (Å²) in [5, 5.41) is 4.31. The van der Waals surface area contributed by atoms with E-state index in [1.807, 2.05) is 30.0 Å². The molecular weight excluding hydrogens is 382 g/mol. The number of amides is 1. The molecule has 0 bridgehead atoms. The highest BCUT2D eigenvalue weighted by Gasteiger charge is 2.42. The summed E-state index contributed by atoms with van der Waals surface area (Å²) in [5.41, 5.74) is 1.88. The van der Waals surface area contributed by atoms with Gasteiger partial charge in [0.2, 0.25) is 0 Å². The van der Waals surface area contributed by atoms with E-state index in [4.69, 9.17) is 14.2 Å². The van der Waals surface area contributed by atoms with E-state index in [2.05, 4.69) is 15.1 Å². The molecule has 0 aromatic carbocycles. The lowest BCUT2D eigenvalue weighted by molar-refractivity contribution is 0.0567.